The van der Waals surface area contributed by atoms with Crippen LogP contribution in [0.15, 0.2) is 41.3 Å². The van der Waals surface area contributed by atoms with Crippen molar-refractivity contribution in [1.29, 1.82) is 0 Å². The van der Waals surface area contributed by atoms with Crippen molar-refractivity contribution in [1.82, 2.24) is 9.88 Å². The summed E-state index contributed by atoms with van der Waals surface area (Å²) in [5, 5.41) is 10.0. The van der Waals surface area contributed by atoms with Gasteiger partial charge in [-0.2, -0.15) is 0 Å². The fraction of sp³-hybridized carbons (Fsp3) is 0.333. The number of amides is 1. The van der Waals surface area contributed by atoms with Gasteiger partial charge >= 0.3 is 0 Å². The number of rotatable bonds is 2. The molecule has 1 saturated heterocycles. The number of benzene rings is 1. The lowest BCUT2D eigenvalue weighted by Gasteiger charge is -2.37. The lowest BCUT2D eigenvalue weighted by molar-refractivity contribution is 0.0440. The molecule has 7 heteroatoms. The maximum atomic E-state index is 12.8. The van der Waals surface area contributed by atoms with Gasteiger partial charge in [0.15, 0.2) is 0 Å². The van der Waals surface area contributed by atoms with Gasteiger partial charge in [-0.3, -0.25) is 9.59 Å². The molecule has 2 aromatic rings. The summed E-state index contributed by atoms with van der Waals surface area (Å²) < 4.78 is 5.83. The first-order chi connectivity index (χ1) is 12.0. The van der Waals surface area contributed by atoms with E-state index in [4.69, 9.17) is 16.3 Å². The molecular weight excluding hydrogens is 344 g/mol. The van der Waals surface area contributed by atoms with Crippen LogP contribution in [-0.4, -0.2) is 47.2 Å². The van der Waals surface area contributed by atoms with Crippen LogP contribution in [0, 0.1) is 5.41 Å². The highest BCUT2D eigenvalue weighted by Crippen LogP contribution is 2.49. The average molecular weight is 361 g/mol. The Hall–Kier alpha value is -2.31. The smallest absolute Gasteiger partial charge is 0.266 e. The van der Waals surface area contributed by atoms with Gasteiger partial charge in [0, 0.05) is 25.2 Å². The minimum atomic E-state index is -0.518. The Balaban J connectivity index is 1.67. The number of ether oxygens (including phenoxy) is 1. The molecule has 0 saturated carbocycles. The number of hydrogen-bond donors (Lipinski definition) is 2. The third-order valence-corrected chi connectivity index (χ3v) is 5.45. The van der Waals surface area contributed by atoms with Gasteiger partial charge in [0.1, 0.15) is 10.8 Å². The number of aliphatic hydroxyl groups excluding tert-OH is 1. The molecule has 0 bridgehead atoms. The van der Waals surface area contributed by atoms with Crippen LogP contribution in [-0.2, 0) is 0 Å². The van der Waals surface area contributed by atoms with Gasteiger partial charge in [0.25, 0.3) is 11.5 Å². The van der Waals surface area contributed by atoms with Gasteiger partial charge in [-0.15, -0.1) is 0 Å². The van der Waals surface area contributed by atoms with Crippen LogP contribution in [0.5, 0.6) is 5.75 Å². The second-order valence-electron chi connectivity index (χ2n) is 6.65. The number of nitrogens with one attached hydrogen (secondary N) is 1. The Morgan fingerprint density at radius 3 is 3.00 bits per heavy atom. The molecule has 2 aliphatic rings. The Labute approximate surface area is 149 Å². The number of carbonyl (C=O) groups excluding carboxylic acids is 1. The lowest BCUT2D eigenvalue weighted by Crippen LogP contribution is -2.42. The van der Waals surface area contributed by atoms with Gasteiger partial charge in [-0.1, -0.05) is 29.8 Å². The van der Waals surface area contributed by atoms with Crippen LogP contribution in [0.25, 0.3) is 0 Å². The van der Waals surface area contributed by atoms with E-state index in [1.54, 1.807) is 4.90 Å². The first-order valence-corrected chi connectivity index (χ1v) is 8.42. The van der Waals surface area contributed by atoms with Gasteiger partial charge < -0.3 is 19.7 Å². The SMILES string of the molecule is O=C(c1c[nH]c(=O)c(Cl)c1)N1C[C@@H]2c3ccccc3OC[C@]2(CO)C1. The third-order valence-electron chi connectivity index (χ3n) is 5.16. The number of nitrogens with zero attached hydrogens (tertiary/aromatic N) is 1. The van der Waals surface area contributed by atoms with Crippen LogP contribution in [0.3, 0.4) is 0 Å². The zero-order chi connectivity index (χ0) is 17.6. The number of aliphatic hydroxyl groups is 1. The molecule has 130 valence electrons. The minimum Gasteiger partial charge on any atom is -0.493 e. The minimum absolute atomic E-state index is 0.00429. The largest absolute Gasteiger partial charge is 0.493 e. The average Bonchev–Trinajstić information content (AvgIpc) is 3.04. The van der Waals surface area contributed by atoms with Crippen molar-refractivity contribution in [3.63, 3.8) is 0 Å². The molecule has 2 N–H and O–H groups in total. The highest BCUT2D eigenvalue weighted by molar-refractivity contribution is 6.30. The predicted molar refractivity (Wildman–Crippen MR) is 92.2 cm³/mol. The number of H-pyrrole nitrogens is 1. The van der Waals surface area contributed by atoms with Crippen molar-refractivity contribution in [3.8, 4) is 5.75 Å². The molecule has 0 radical (unpaired) electrons. The maximum Gasteiger partial charge on any atom is 0.266 e. The molecule has 1 amide bonds. The molecule has 25 heavy (non-hydrogen) atoms. The molecule has 0 unspecified atom stereocenters. The Morgan fingerprint density at radius 2 is 2.24 bits per heavy atom. The number of fused-ring (bicyclic) bond motifs is 3. The van der Waals surface area contributed by atoms with Crippen LogP contribution < -0.4 is 10.3 Å². The lowest BCUT2D eigenvalue weighted by atomic mass is 9.74. The van der Waals surface area contributed by atoms with E-state index in [1.807, 2.05) is 24.3 Å². The van der Waals surface area contributed by atoms with E-state index in [0.29, 0.717) is 25.3 Å². The summed E-state index contributed by atoms with van der Waals surface area (Å²) in [5.41, 5.74) is 0.390. The van der Waals surface area contributed by atoms with Crippen molar-refractivity contribution in [2.45, 2.75) is 5.92 Å². The van der Waals surface area contributed by atoms with E-state index >= 15 is 0 Å². The molecule has 3 heterocycles. The first kappa shape index (κ1) is 16.2. The van der Waals surface area contributed by atoms with E-state index in [9.17, 15) is 14.7 Å². The summed E-state index contributed by atoms with van der Waals surface area (Å²) >= 11 is 5.83. The normalized spacial score (nSPS) is 24.4. The van der Waals surface area contributed by atoms with E-state index in [-0.39, 0.29) is 23.5 Å². The zero-order valence-corrected chi connectivity index (χ0v) is 14.1. The molecule has 6 nitrogen and oxygen atoms in total. The summed E-state index contributed by atoms with van der Waals surface area (Å²) in [7, 11) is 0. The number of likely N-dealkylation sites (tertiary alicyclic amines) is 1. The van der Waals surface area contributed by atoms with Crippen LogP contribution in [0.2, 0.25) is 5.02 Å². The summed E-state index contributed by atoms with van der Waals surface area (Å²) in [6, 6.07) is 9.10. The van der Waals surface area contributed by atoms with Gasteiger partial charge in [-0.05, 0) is 17.7 Å². The van der Waals surface area contributed by atoms with Crippen LogP contribution >= 0.6 is 11.6 Å². The zero-order valence-electron chi connectivity index (χ0n) is 13.4. The summed E-state index contributed by atoms with van der Waals surface area (Å²) in [5.74, 6) is 0.584. The van der Waals surface area contributed by atoms with Crippen molar-refractivity contribution in [2.75, 3.05) is 26.3 Å². The summed E-state index contributed by atoms with van der Waals surface area (Å²) in [6.45, 7) is 1.16. The van der Waals surface area contributed by atoms with E-state index in [1.165, 1.54) is 12.3 Å². The van der Waals surface area contributed by atoms with Crippen molar-refractivity contribution in [2.24, 2.45) is 5.41 Å². The second-order valence-corrected chi connectivity index (χ2v) is 7.06. The highest BCUT2D eigenvalue weighted by Gasteiger charge is 2.52. The van der Waals surface area contributed by atoms with Crippen molar-refractivity contribution < 1.29 is 14.6 Å². The second kappa shape index (κ2) is 5.89. The number of aromatic nitrogens is 1. The number of hydrogen-bond acceptors (Lipinski definition) is 4. The fourth-order valence-corrected chi connectivity index (χ4v) is 3.96. The van der Waals surface area contributed by atoms with E-state index in [2.05, 4.69) is 4.98 Å². The molecular formula is C18H17ClN2O4. The van der Waals surface area contributed by atoms with Crippen LogP contribution in [0.1, 0.15) is 21.8 Å². The van der Waals surface area contributed by atoms with Gasteiger partial charge in [0.2, 0.25) is 0 Å². The van der Waals surface area contributed by atoms with Gasteiger partial charge in [-0.25, -0.2) is 0 Å². The van der Waals surface area contributed by atoms with E-state index in [0.717, 1.165) is 11.3 Å². The van der Waals surface area contributed by atoms with Crippen molar-refractivity contribution >= 4 is 17.5 Å². The maximum absolute atomic E-state index is 12.8. The number of pyridine rings is 1. The Kier molecular flexibility index (Phi) is 3.81. The van der Waals surface area contributed by atoms with Gasteiger partial charge in [0.05, 0.1) is 24.2 Å². The Bertz CT molecular complexity index is 897. The number of aromatic amines is 1. The molecule has 2 atom stereocenters. The highest BCUT2D eigenvalue weighted by atomic mass is 35.5. The van der Waals surface area contributed by atoms with Crippen molar-refractivity contribution in [3.05, 3.63) is 63.0 Å². The predicted octanol–water partition coefficient (Wildman–Crippen LogP) is 1.64. The Morgan fingerprint density at radius 1 is 1.44 bits per heavy atom. The molecule has 0 spiro atoms. The quantitative estimate of drug-likeness (QED) is 0.853. The standard InChI is InChI=1S/C18H17ClN2O4/c19-14-5-11(6-20-16(14)23)17(24)21-7-13-12-3-1-2-4-15(12)25-10-18(13,8-21)9-22/h1-6,13,22H,7-10H2,(H,20,23)/t13-,18-/m1/s1. The molecule has 4 rings (SSSR count). The summed E-state index contributed by atoms with van der Waals surface area (Å²) in [6.07, 6.45) is 1.37. The third kappa shape index (κ3) is 2.53. The van der Waals surface area contributed by atoms with E-state index < -0.39 is 11.0 Å². The number of para-hydroxylation sites is 1. The number of halogens is 1. The molecule has 1 aromatic carbocycles. The molecule has 2 aliphatic heterocycles. The monoisotopic (exact) mass is 360 g/mol. The summed E-state index contributed by atoms with van der Waals surface area (Å²) in [4.78, 5) is 28.4. The number of carbonyl (C=O) groups is 1. The molecule has 1 aromatic heterocycles. The first-order valence-electron chi connectivity index (χ1n) is 8.04. The molecule has 0 aliphatic carbocycles. The topological polar surface area (TPSA) is 82.6 Å². The van der Waals surface area contributed by atoms with Crippen LogP contribution in [0.4, 0.5) is 0 Å². The molecule has 1 fully saturated rings. The fourth-order valence-electron chi connectivity index (χ4n) is 3.79.